The lowest BCUT2D eigenvalue weighted by Crippen LogP contribution is -2.58. The molecule has 39 heavy (non-hydrogen) atoms. The molecule has 0 bridgehead atoms. The van der Waals surface area contributed by atoms with Gasteiger partial charge in [0.05, 0.1) is 6.54 Å². The number of primary amides is 2. The highest BCUT2D eigenvalue weighted by Gasteiger charge is 2.31. The molecule has 0 aliphatic rings. The average molecular weight is 550 g/mol. The number of nitrogens with two attached hydrogens (primary N) is 3. The SMILES string of the molecule is C[C@H](NC(=O)[C@H](Cc1ccccc1)NC(=O)[C@H](CCC(N)=O)NC(=O)[C@H](CCC(N)=O)NC(=O)CN)C(=O)O. The zero-order valence-corrected chi connectivity index (χ0v) is 21.5. The van der Waals surface area contributed by atoms with Crippen molar-refractivity contribution in [1.82, 2.24) is 21.3 Å². The number of amides is 6. The predicted molar refractivity (Wildman–Crippen MR) is 137 cm³/mol. The van der Waals surface area contributed by atoms with Crippen LogP contribution in [0.2, 0.25) is 0 Å². The highest BCUT2D eigenvalue weighted by atomic mass is 16.4. The van der Waals surface area contributed by atoms with Gasteiger partial charge in [0.25, 0.3) is 0 Å². The predicted octanol–water partition coefficient (Wildman–Crippen LogP) is -3.24. The number of benzene rings is 1. The number of hydrogen-bond acceptors (Lipinski definition) is 8. The summed E-state index contributed by atoms with van der Waals surface area (Å²) in [6.45, 7) is 0.802. The Labute approximate surface area is 224 Å². The van der Waals surface area contributed by atoms with Crippen LogP contribution in [0.1, 0.15) is 38.2 Å². The van der Waals surface area contributed by atoms with Gasteiger partial charge in [0.1, 0.15) is 24.2 Å². The first-order valence-corrected chi connectivity index (χ1v) is 12.1. The molecule has 0 fully saturated rings. The molecule has 0 aliphatic carbocycles. The first-order valence-electron chi connectivity index (χ1n) is 12.1. The van der Waals surface area contributed by atoms with Gasteiger partial charge in [-0.15, -0.1) is 0 Å². The topological polar surface area (TPSA) is 266 Å². The second kappa shape index (κ2) is 16.3. The molecular formula is C24H35N7O8. The number of rotatable bonds is 17. The van der Waals surface area contributed by atoms with Gasteiger partial charge >= 0.3 is 5.97 Å². The third kappa shape index (κ3) is 12.5. The molecule has 6 amide bonds. The molecular weight excluding hydrogens is 514 g/mol. The Morgan fingerprint density at radius 3 is 1.67 bits per heavy atom. The molecule has 214 valence electrons. The average Bonchev–Trinajstić information content (AvgIpc) is 2.88. The smallest absolute Gasteiger partial charge is 0.325 e. The largest absolute Gasteiger partial charge is 0.480 e. The second-order valence-electron chi connectivity index (χ2n) is 8.71. The van der Waals surface area contributed by atoms with Gasteiger partial charge in [-0.2, -0.15) is 0 Å². The van der Waals surface area contributed by atoms with Crippen molar-refractivity contribution in [2.24, 2.45) is 17.2 Å². The van der Waals surface area contributed by atoms with Gasteiger partial charge in [0.15, 0.2) is 0 Å². The van der Waals surface area contributed by atoms with Gasteiger partial charge in [0, 0.05) is 19.3 Å². The molecule has 0 heterocycles. The van der Waals surface area contributed by atoms with E-state index in [0.29, 0.717) is 5.56 Å². The Balaban J connectivity index is 3.17. The fourth-order valence-corrected chi connectivity index (χ4v) is 3.34. The molecule has 15 heteroatoms. The molecule has 0 saturated carbocycles. The number of carboxylic acid groups (broad SMARTS) is 1. The van der Waals surface area contributed by atoms with Crippen LogP contribution in [0.25, 0.3) is 0 Å². The van der Waals surface area contributed by atoms with Crippen LogP contribution in [0, 0.1) is 0 Å². The normalized spacial score (nSPS) is 13.6. The van der Waals surface area contributed by atoms with Gasteiger partial charge < -0.3 is 43.6 Å². The number of hydrogen-bond donors (Lipinski definition) is 8. The van der Waals surface area contributed by atoms with Gasteiger partial charge in [-0.3, -0.25) is 33.6 Å². The molecule has 1 rings (SSSR count). The number of carbonyl (C=O) groups excluding carboxylic acids is 6. The molecule has 4 atom stereocenters. The maximum Gasteiger partial charge on any atom is 0.325 e. The molecule has 1 aromatic rings. The van der Waals surface area contributed by atoms with E-state index >= 15 is 0 Å². The Kier molecular flexibility index (Phi) is 13.6. The highest BCUT2D eigenvalue weighted by Crippen LogP contribution is 2.07. The van der Waals surface area contributed by atoms with Gasteiger partial charge in [0.2, 0.25) is 35.4 Å². The van der Waals surface area contributed by atoms with Crippen LogP contribution < -0.4 is 38.5 Å². The molecule has 0 saturated heterocycles. The van der Waals surface area contributed by atoms with Crippen LogP contribution in [-0.4, -0.2) is 77.2 Å². The summed E-state index contributed by atoms with van der Waals surface area (Å²) in [5.41, 5.74) is 16.3. The lowest BCUT2D eigenvalue weighted by molar-refractivity contribution is -0.141. The van der Waals surface area contributed by atoms with Crippen molar-refractivity contribution in [3.05, 3.63) is 35.9 Å². The summed E-state index contributed by atoms with van der Waals surface area (Å²) in [5.74, 6) is -6.03. The number of nitrogens with one attached hydrogen (secondary N) is 4. The lowest BCUT2D eigenvalue weighted by atomic mass is 10.0. The van der Waals surface area contributed by atoms with E-state index in [4.69, 9.17) is 22.3 Å². The highest BCUT2D eigenvalue weighted by molar-refractivity contribution is 5.95. The van der Waals surface area contributed by atoms with Crippen LogP contribution in [0.4, 0.5) is 0 Å². The summed E-state index contributed by atoms with van der Waals surface area (Å²) in [6.07, 6.45) is -1.04. The summed E-state index contributed by atoms with van der Waals surface area (Å²) < 4.78 is 0. The zero-order chi connectivity index (χ0) is 29.5. The molecule has 15 nitrogen and oxygen atoms in total. The summed E-state index contributed by atoms with van der Waals surface area (Å²) in [5, 5.41) is 18.7. The minimum absolute atomic E-state index is 0.0188. The molecule has 11 N–H and O–H groups in total. The minimum Gasteiger partial charge on any atom is -0.480 e. The molecule has 0 radical (unpaired) electrons. The van der Waals surface area contributed by atoms with E-state index in [1.165, 1.54) is 6.92 Å². The van der Waals surface area contributed by atoms with Crippen molar-refractivity contribution < 1.29 is 38.7 Å². The van der Waals surface area contributed by atoms with Gasteiger partial charge in [-0.05, 0) is 25.3 Å². The Morgan fingerprint density at radius 1 is 0.744 bits per heavy atom. The van der Waals surface area contributed by atoms with Crippen molar-refractivity contribution in [1.29, 1.82) is 0 Å². The van der Waals surface area contributed by atoms with E-state index in [0.717, 1.165) is 0 Å². The molecule has 0 aromatic heterocycles. The standard InChI is InChI=1S/C24H35N7O8/c1-13(24(38)39)28-23(37)17(11-14-5-3-2-4-6-14)31-22(36)16(8-10-19(27)33)30-21(35)15(7-9-18(26)32)29-20(34)12-25/h2-6,13,15-17H,7-12,25H2,1H3,(H2,26,32)(H2,27,33)(H,28,37)(H,29,34)(H,30,35)(H,31,36)(H,38,39)/t13-,15-,16-,17-/m0/s1. The molecule has 0 unspecified atom stereocenters. The van der Waals surface area contributed by atoms with Crippen LogP contribution in [0.15, 0.2) is 30.3 Å². The number of carboxylic acids is 1. The van der Waals surface area contributed by atoms with Crippen LogP contribution in [0.5, 0.6) is 0 Å². The van der Waals surface area contributed by atoms with Crippen LogP contribution >= 0.6 is 0 Å². The molecule has 0 aliphatic heterocycles. The quantitative estimate of drug-likeness (QED) is 0.0968. The van der Waals surface area contributed by atoms with Crippen molar-refractivity contribution in [2.75, 3.05) is 6.54 Å². The Morgan fingerprint density at radius 2 is 1.21 bits per heavy atom. The van der Waals surface area contributed by atoms with Crippen LogP contribution in [0.3, 0.4) is 0 Å². The van der Waals surface area contributed by atoms with E-state index in [1.54, 1.807) is 30.3 Å². The van der Waals surface area contributed by atoms with Gasteiger partial charge in [-0.1, -0.05) is 30.3 Å². The summed E-state index contributed by atoms with van der Waals surface area (Å²) in [4.78, 5) is 84.6. The third-order valence-electron chi connectivity index (χ3n) is 5.47. The summed E-state index contributed by atoms with van der Waals surface area (Å²) in [6, 6.07) is 3.39. The zero-order valence-electron chi connectivity index (χ0n) is 21.5. The minimum atomic E-state index is -1.39. The van der Waals surface area contributed by atoms with Crippen molar-refractivity contribution in [3.8, 4) is 0 Å². The third-order valence-corrected chi connectivity index (χ3v) is 5.47. The maximum atomic E-state index is 13.2. The van der Waals surface area contributed by atoms with Crippen molar-refractivity contribution in [2.45, 2.75) is 63.2 Å². The maximum absolute atomic E-state index is 13.2. The Hall–Kier alpha value is -4.53. The lowest BCUT2D eigenvalue weighted by Gasteiger charge is -2.25. The summed E-state index contributed by atoms with van der Waals surface area (Å²) >= 11 is 0. The van der Waals surface area contributed by atoms with E-state index in [2.05, 4.69) is 21.3 Å². The first kappa shape index (κ1) is 32.5. The number of carbonyl (C=O) groups is 7. The summed E-state index contributed by atoms with van der Waals surface area (Å²) in [7, 11) is 0. The van der Waals surface area contributed by atoms with E-state index in [-0.39, 0.29) is 32.1 Å². The molecule has 0 spiro atoms. The monoisotopic (exact) mass is 549 g/mol. The van der Waals surface area contributed by atoms with Crippen molar-refractivity contribution in [3.63, 3.8) is 0 Å². The fraction of sp³-hybridized carbons (Fsp3) is 0.458. The van der Waals surface area contributed by atoms with Gasteiger partial charge in [-0.25, -0.2) is 0 Å². The molecule has 1 aromatic carbocycles. The van der Waals surface area contributed by atoms with E-state index < -0.39 is 72.1 Å². The van der Waals surface area contributed by atoms with E-state index in [1.807, 2.05) is 0 Å². The van der Waals surface area contributed by atoms with Crippen LogP contribution in [-0.2, 0) is 40.0 Å². The van der Waals surface area contributed by atoms with Crippen molar-refractivity contribution >= 4 is 41.4 Å². The number of aliphatic carboxylic acids is 1. The first-order chi connectivity index (χ1) is 18.3. The van der Waals surface area contributed by atoms with E-state index in [9.17, 15) is 33.6 Å². The Bertz CT molecular complexity index is 1050. The second-order valence-corrected chi connectivity index (χ2v) is 8.71. The fourth-order valence-electron chi connectivity index (χ4n) is 3.34.